The number of anilines is 1. The zero-order valence-corrected chi connectivity index (χ0v) is 13.3. The van der Waals surface area contributed by atoms with Crippen molar-refractivity contribution in [2.75, 3.05) is 5.32 Å². The molecule has 4 nitrogen and oxygen atoms in total. The van der Waals surface area contributed by atoms with Gasteiger partial charge in [0, 0.05) is 11.9 Å². The molecule has 0 bridgehead atoms. The monoisotopic (exact) mass is 298 g/mol. The van der Waals surface area contributed by atoms with E-state index in [1.165, 1.54) is 5.56 Å². The Labute approximate surface area is 131 Å². The first-order valence-corrected chi connectivity index (χ1v) is 7.45. The molecule has 116 valence electrons. The number of ether oxygens (including phenoxy) is 1. The summed E-state index contributed by atoms with van der Waals surface area (Å²) in [5.41, 5.74) is 2.83. The fourth-order valence-electron chi connectivity index (χ4n) is 1.99. The summed E-state index contributed by atoms with van der Waals surface area (Å²) in [6.45, 7) is 6.74. The van der Waals surface area contributed by atoms with Crippen molar-refractivity contribution in [1.29, 1.82) is 0 Å². The zero-order valence-electron chi connectivity index (χ0n) is 13.3. The predicted molar refractivity (Wildman–Crippen MR) is 87.8 cm³/mol. The summed E-state index contributed by atoms with van der Waals surface area (Å²) in [6.07, 6.45) is 2.25. The highest BCUT2D eigenvalue weighted by Crippen LogP contribution is 2.27. The van der Waals surface area contributed by atoms with E-state index in [0.29, 0.717) is 0 Å². The average molecular weight is 298 g/mol. The predicted octanol–water partition coefficient (Wildman–Crippen LogP) is 4.52. The molecule has 0 aliphatic carbocycles. The van der Waals surface area contributed by atoms with E-state index in [4.69, 9.17) is 4.74 Å². The Morgan fingerprint density at radius 2 is 1.91 bits per heavy atom. The Bertz CT molecular complexity index is 607. The highest BCUT2D eigenvalue weighted by molar-refractivity contribution is 5.84. The summed E-state index contributed by atoms with van der Waals surface area (Å²) >= 11 is 0. The maximum Gasteiger partial charge on any atom is 0.412 e. The van der Waals surface area contributed by atoms with Gasteiger partial charge in [0.1, 0.15) is 6.61 Å². The number of nitrogens with one attached hydrogen (secondary N) is 1. The summed E-state index contributed by atoms with van der Waals surface area (Å²) in [5.74, 6) is 0. The smallest absolute Gasteiger partial charge is 0.412 e. The molecule has 4 heteroatoms. The van der Waals surface area contributed by atoms with E-state index in [9.17, 15) is 4.79 Å². The van der Waals surface area contributed by atoms with E-state index in [0.717, 1.165) is 17.8 Å². The number of nitrogens with zero attached hydrogens (tertiary/aromatic N) is 1. The van der Waals surface area contributed by atoms with Crippen LogP contribution >= 0.6 is 0 Å². The summed E-state index contributed by atoms with van der Waals surface area (Å²) in [5, 5.41) is 2.72. The number of carbonyl (C=O) groups excluding carboxylic acids is 1. The molecular formula is C18H22N2O2. The quantitative estimate of drug-likeness (QED) is 0.883. The molecule has 2 rings (SSSR count). The third kappa shape index (κ3) is 4.32. The Morgan fingerprint density at radius 1 is 1.18 bits per heavy atom. The van der Waals surface area contributed by atoms with Gasteiger partial charge in [0.15, 0.2) is 0 Å². The Kier molecular flexibility index (Phi) is 5.15. The Hall–Kier alpha value is -2.36. The van der Waals surface area contributed by atoms with E-state index in [1.54, 1.807) is 6.20 Å². The van der Waals surface area contributed by atoms with Gasteiger partial charge in [-0.15, -0.1) is 0 Å². The van der Waals surface area contributed by atoms with Crippen LogP contribution < -0.4 is 5.32 Å². The molecule has 0 atom stereocenters. The van der Waals surface area contributed by atoms with Crippen LogP contribution in [0.2, 0.25) is 0 Å². The van der Waals surface area contributed by atoms with Crippen molar-refractivity contribution < 1.29 is 9.53 Å². The van der Waals surface area contributed by atoms with Crippen LogP contribution in [0.1, 0.15) is 38.4 Å². The molecule has 0 radical (unpaired) electrons. The minimum absolute atomic E-state index is 0.137. The molecule has 1 aromatic heterocycles. The fourth-order valence-corrected chi connectivity index (χ4v) is 1.99. The van der Waals surface area contributed by atoms with Crippen LogP contribution in [-0.4, -0.2) is 11.1 Å². The SMILES string of the molecule is CCC(C)(C)c1ccc(NC(=O)OCc2ccccn2)cc1. The minimum atomic E-state index is -0.479. The van der Waals surface area contributed by atoms with Gasteiger partial charge in [0.25, 0.3) is 0 Å². The third-order valence-corrected chi connectivity index (χ3v) is 3.87. The standard InChI is InChI=1S/C18H22N2O2/c1-4-18(2,3)14-8-10-15(11-9-14)20-17(21)22-13-16-7-5-6-12-19-16/h5-12H,4,13H2,1-3H3,(H,20,21). The summed E-state index contributed by atoms with van der Waals surface area (Å²) in [6, 6.07) is 13.4. The average Bonchev–Trinajstić information content (AvgIpc) is 2.54. The lowest BCUT2D eigenvalue weighted by atomic mass is 9.82. The highest BCUT2D eigenvalue weighted by atomic mass is 16.5. The second kappa shape index (κ2) is 7.07. The lowest BCUT2D eigenvalue weighted by Crippen LogP contribution is -2.16. The number of carbonyl (C=O) groups is 1. The molecule has 0 saturated heterocycles. The first-order chi connectivity index (χ1) is 10.5. The van der Waals surface area contributed by atoms with Crippen LogP contribution in [0, 0.1) is 0 Å². The van der Waals surface area contributed by atoms with Crippen LogP contribution in [0.15, 0.2) is 48.7 Å². The number of benzene rings is 1. The number of hydrogen-bond acceptors (Lipinski definition) is 3. The van der Waals surface area contributed by atoms with Gasteiger partial charge in [-0.2, -0.15) is 0 Å². The molecule has 0 aliphatic heterocycles. The molecule has 1 heterocycles. The van der Waals surface area contributed by atoms with Gasteiger partial charge < -0.3 is 4.74 Å². The minimum Gasteiger partial charge on any atom is -0.443 e. The van der Waals surface area contributed by atoms with E-state index < -0.39 is 6.09 Å². The zero-order chi connectivity index (χ0) is 16.0. The van der Waals surface area contributed by atoms with Gasteiger partial charge in [0.2, 0.25) is 0 Å². The van der Waals surface area contributed by atoms with Crippen molar-refractivity contribution in [3.63, 3.8) is 0 Å². The van der Waals surface area contributed by atoms with Crippen LogP contribution in [0.4, 0.5) is 10.5 Å². The van der Waals surface area contributed by atoms with Crippen LogP contribution in [0.25, 0.3) is 0 Å². The molecule has 2 aromatic rings. The molecule has 1 aromatic carbocycles. The van der Waals surface area contributed by atoms with Gasteiger partial charge >= 0.3 is 6.09 Å². The van der Waals surface area contributed by atoms with E-state index >= 15 is 0 Å². The summed E-state index contributed by atoms with van der Waals surface area (Å²) in [4.78, 5) is 15.9. The third-order valence-electron chi connectivity index (χ3n) is 3.87. The van der Waals surface area contributed by atoms with Gasteiger partial charge in [-0.05, 0) is 41.7 Å². The Balaban J connectivity index is 1.89. The maximum absolute atomic E-state index is 11.8. The van der Waals surface area contributed by atoms with Gasteiger partial charge in [-0.1, -0.05) is 39.0 Å². The number of pyridine rings is 1. The number of amides is 1. The van der Waals surface area contributed by atoms with Gasteiger partial charge in [0.05, 0.1) is 5.69 Å². The van der Waals surface area contributed by atoms with E-state index in [1.807, 2.05) is 42.5 Å². The van der Waals surface area contributed by atoms with E-state index in [2.05, 4.69) is 31.1 Å². The van der Waals surface area contributed by atoms with E-state index in [-0.39, 0.29) is 12.0 Å². The van der Waals surface area contributed by atoms with Crippen molar-refractivity contribution in [1.82, 2.24) is 4.98 Å². The van der Waals surface area contributed by atoms with Crippen molar-refractivity contribution in [3.8, 4) is 0 Å². The Morgan fingerprint density at radius 3 is 2.50 bits per heavy atom. The second-order valence-electron chi connectivity index (χ2n) is 5.84. The van der Waals surface area contributed by atoms with Crippen molar-refractivity contribution in [2.45, 2.75) is 39.2 Å². The summed E-state index contributed by atoms with van der Waals surface area (Å²) < 4.78 is 5.14. The molecule has 0 spiro atoms. The molecule has 0 saturated carbocycles. The molecule has 0 aliphatic rings. The van der Waals surface area contributed by atoms with Gasteiger partial charge in [-0.3, -0.25) is 10.3 Å². The molecular weight excluding hydrogens is 276 g/mol. The van der Waals surface area contributed by atoms with Crippen LogP contribution in [0.3, 0.4) is 0 Å². The molecule has 1 N–H and O–H groups in total. The molecule has 0 unspecified atom stereocenters. The lowest BCUT2D eigenvalue weighted by Gasteiger charge is -2.23. The van der Waals surface area contributed by atoms with Crippen molar-refractivity contribution in [2.24, 2.45) is 0 Å². The number of hydrogen-bond donors (Lipinski definition) is 1. The number of aromatic nitrogens is 1. The fraction of sp³-hybridized carbons (Fsp3) is 0.333. The number of rotatable bonds is 5. The van der Waals surface area contributed by atoms with Crippen LogP contribution in [0.5, 0.6) is 0 Å². The van der Waals surface area contributed by atoms with Gasteiger partial charge in [-0.25, -0.2) is 4.79 Å². The summed E-state index contributed by atoms with van der Waals surface area (Å²) in [7, 11) is 0. The maximum atomic E-state index is 11.8. The van der Waals surface area contributed by atoms with Crippen molar-refractivity contribution >= 4 is 11.8 Å². The molecule has 0 fully saturated rings. The molecule has 1 amide bonds. The largest absolute Gasteiger partial charge is 0.443 e. The van der Waals surface area contributed by atoms with Crippen LogP contribution in [-0.2, 0) is 16.8 Å². The highest BCUT2D eigenvalue weighted by Gasteiger charge is 2.17. The first kappa shape index (κ1) is 16.0. The second-order valence-corrected chi connectivity index (χ2v) is 5.84. The first-order valence-electron chi connectivity index (χ1n) is 7.45. The van der Waals surface area contributed by atoms with Crippen molar-refractivity contribution in [3.05, 3.63) is 59.9 Å². The topological polar surface area (TPSA) is 51.2 Å². The lowest BCUT2D eigenvalue weighted by molar-refractivity contribution is 0.153. The normalized spacial score (nSPS) is 11.0. The molecule has 22 heavy (non-hydrogen) atoms.